The Morgan fingerprint density at radius 1 is 1.30 bits per heavy atom. The lowest BCUT2D eigenvalue weighted by Gasteiger charge is -2.25. The van der Waals surface area contributed by atoms with Gasteiger partial charge in [0, 0.05) is 12.8 Å². The Morgan fingerprint density at radius 3 is 2.65 bits per heavy atom. The minimum absolute atomic E-state index is 0. The molecule has 0 unspecified atom stereocenters. The molecule has 0 amide bonds. The highest BCUT2D eigenvalue weighted by Crippen LogP contribution is 2.15. The molecule has 6 heteroatoms. The average molecular weight is 296 g/mol. The Balaban J connectivity index is 0.00000147. The van der Waals surface area contributed by atoms with Gasteiger partial charge in [0.2, 0.25) is 5.89 Å². The molecule has 1 N–H and O–H groups in total. The van der Waals surface area contributed by atoms with Crippen LogP contribution in [0.5, 0.6) is 5.75 Å². The summed E-state index contributed by atoms with van der Waals surface area (Å²) in [7, 11) is 1.66. The summed E-state index contributed by atoms with van der Waals surface area (Å²) in [6.07, 6.45) is 1.57. The van der Waals surface area contributed by atoms with Gasteiger partial charge in [-0.2, -0.15) is 4.98 Å². The number of rotatable bonds is 5. The first-order valence-electron chi connectivity index (χ1n) is 6.48. The first-order valence-corrected chi connectivity index (χ1v) is 6.48. The summed E-state index contributed by atoms with van der Waals surface area (Å²) in [5.74, 6) is 2.99. The molecule has 1 aliphatic rings. The minimum atomic E-state index is 0. The Kier molecular flexibility index (Phi) is 4.98. The second-order valence-corrected chi connectivity index (χ2v) is 4.86. The molecule has 0 bridgehead atoms. The van der Waals surface area contributed by atoms with Crippen LogP contribution in [0.25, 0.3) is 0 Å². The molecule has 108 valence electrons. The average Bonchev–Trinajstić information content (AvgIpc) is 2.82. The highest BCUT2D eigenvalue weighted by Gasteiger charge is 2.20. The molecule has 20 heavy (non-hydrogen) atoms. The van der Waals surface area contributed by atoms with Crippen LogP contribution in [0.15, 0.2) is 28.8 Å². The summed E-state index contributed by atoms with van der Waals surface area (Å²) in [6, 6.07) is 7.92. The molecule has 0 saturated carbocycles. The van der Waals surface area contributed by atoms with Crippen LogP contribution in [0.3, 0.4) is 0 Å². The molecule has 0 atom stereocenters. The van der Waals surface area contributed by atoms with Crippen molar-refractivity contribution < 1.29 is 9.26 Å². The summed E-state index contributed by atoms with van der Waals surface area (Å²) in [6.45, 7) is 2.10. The molecule has 1 saturated heterocycles. The third-order valence-electron chi connectivity index (χ3n) is 3.36. The SMILES string of the molecule is COc1ccc(Cc2noc(CC3CNC3)n2)cc1.Cl. The highest BCUT2D eigenvalue weighted by molar-refractivity contribution is 5.85. The number of nitrogens with one attached hydrogen (secondary N) is 1. The smallest absolute Gasteiger partial charge is 0.227 e. The molecule has 2 aromatic rings. The van der Waals surface area contributed by atoms with Crippen molar-refractivity contribution in [2.45, 2.75) is 12.8 Å². The van der Waals surface area contributed by atoms with E-state index in [4.69, 9.17) is 9.26 Å². The van der Waals surface area contributed by atoms with Crippen molar-refractivity contribution in [3.63, 3.8) is 0 Å². The van der Waals surface area contributed by atoms with Crippen molar-refractivity contribution in [1.29, 1.82) is 0 Å². The van der Waals surface area contributed by atoms with Crippen molar-refractivity contribution in [3.05, 3.63) is 41.5 Å². The van der Waals surface area contributed by atoms with Gasteiger partial charge in [0.25, 0.3) is 0 Å². The number of aromatic nitrogens is 2. The van der Waals surface area contributed by atoms with E-state index in [-0.39, 0.29) is 12.4 Å². The number of hydrogen-bond donors (Lipinski definition) is 1. The molecular formula is C14H18ClN3O2. The summed E-state index contributed by atoms with van der Waals surface area (Å²) >= 11 is 0. The Bertz CT molecular complexity index is 538. The van der Waals surface area contributed by atoms with Crippen molar-refractivity contribution in [2.75, 3.05) is 20.2 Å². The maximum atomic E-state index is 5.27. The fourth-order valence-corrected chi connectivity index (χ4v) is 2.11. The zero-order valence-corrected chi connectivity index (χ0v) is 12.2. The highest BCUT2D eigenvalue weighted by atomic mass is 35.5. The molecule has 2 heterocycles. The van der Waals surface area contributed by atoms with E-state index in [9.17, 15) is 0 Å². The van der Waals surface area contributed by atoms with Crippen LogP contribution in [0.4, 0.5) is 0 Å². The van der Waals surface area contributed by atoms with Gasteiger partial charge in [0.15, 0.2) is 5.82 Å². The predicted octanol–water partition coefficient (Wildman–Crippen LogP) is 1.85. The largest absolute Gasteiger partial charge is 0.497 e. The topological polar surface area (TPSA) is 60.2 Å². The quantitative estimate of drug-likeness (QED) is 0.912. The molecule has 1 aromatic carbocycles. The third kappa shape index (κ3) is 3.49. The summed E-state index contributed by atoms with van der Waals surface area (Å²) in [5, 5.41) is 7.26. The van der Waals surface area contributed by atoms with Gasteiger partial charge in [-0.3, -0.25) is 0 Å². The number of ether oxygens (including phenoxy) is 1. The Hall–Kier alpha value is -1.59. The van der Waals surface area contributed by atoms with E-state index in [0.717, 1.165) is 42.5 Å². The normalized spacial score (nSPS) is 14.4. The van der Waals surface area contributed by atoms with Crippen LogP contribution < -0.4 is 10.1 Å². The van der Waals surface area contributed by atoms with Gasteiger partial charge in [-0.15, -0.1) is 12.4 Å². The molecule has 0 spiro atoms. The van der Waals surface area contributed by atoms with E-state index in [1.165, 1.54) is 0 Å². The van der Waals surface area contributed by atoms with Gasteiger partial charge in [-0.1, -0.05) is 17.3 Å². The minimum Gasteiger partial charge on any atom is -0.497 e. The summed E-state index contributed by atoms with van der Waals surface area (Å²) < 4.78 is 10.4. The van der Waals surface area contributed by atoms with Gasteiger partial charge >= 0.3 is 0 Å². The third-order valence-corrected chi connectivity index (χ3v) is 3.36. The maximum Gasteiger partial charge on any atom is 0.227 e. The van der Waals surface area contributed by atoms with E-state index in [2.05, 4.69) is 15.5 Å². The van der Waals surface area contributed by atoms with Gasteiger partial charge in [-0.05, 0) is 36.7 Å². The Labute approximate surface area is 124 Å². The molecule has 1 fully saturated rings. The van der Waals surface area contributed by atoms with Crippen LogP contribution in [0, 0.1) is 5.92 Å². The molecule has 0 aliphatic carbocycles. The zero-order valence-electron chi connectivity index (χ0n) is 11.3. The number of benzene rings is 1. The van der Waals surface area contributed by atoms with Crippen molar-refractivity contribution in [1.82, 2.24) is 15.5 Å². The van der Waals surface area contributed by atoms with Crippen LogP contribution in [-0.4, -0.2) is 30.3 Å². The molecular weight excluding hydrogens is 278 g/mol. The lowest BCUT2D eigenvalue weighted by Crippen LogP contribution is -2.43. The second-order valence-electron chi connectivity index (χ2n) is 4.86. The van der Waals surface area contributed by atoms with Crippen molar-refractivity contribution >= 4 is 12.4 Å². The predicted molar refractivity (Wildman–Crippen MR) is 77.4 cm³/mol. The Morgan fingerprint density at radius 2 is 2.05 bits per heavy atom. The van der Waals surface area contributed by atoms with E-state index >= 15 is 0 Å². The number of nitrogens with zero attached hydrogens (tertiary/aromatic N) is 2. The molecule has 3 rings (SSSR count). The van der Waals surface area contributed by atoms with E-state index in [0.29, 0.717) is 12.3 Å². The molecule has 0 radical (unpaired) electrons. The molecule has 1 aliphatic heterocycles. The summed E-state index contributed by atoms with van der Waals surface area (Å²) in [4.78, 5) is 4.43. The van der Waals surface area contributed by atoms with Gasteiger partial charge in [0.1, 0.15) is 5.75 Å². The van der Waals surface area contributed by atoms with Gasteiger partial charge in [0.05, 0.1) is 7.11 Å². The van der Waals surface area contributed by atoms with E-state index < -0.39 is 0 Å². The summed E-state index contributed by atoms with van der Waals surface area (Å²) in [5.41, 5.74) is 1.15. The number of hydrogen-bond acceptors (Lipinski definition) is 5. The van der Waals surface area contributed by atoms with Crippen LogP contribution >= 0.6 is 12.4 Å². The van der Waals surface area contributed by atoms with E-state index in [1.807, 2.05) is 24.3 Å². The molecule has 5 nitrogen and oxygen atoms in total. The first-order chi connectivity index (χ1) is 9.33. The van der Waals surface area contributed by atoms with Crippen LogP contribution in [0.1, 0.15) is 17.3 Å². The standard InChI is InChI=1S/C14H17N3O2.ClH/c1-18-12-4-2-10(3-5-12)6-13-16-14(19-17-13)7-11-8-15-9-11;/h2-5,11,15H,6-9H2,1H3;1H. The maximum absolute atomic E-state index is 5.27. The lowest BCUT2D eigenvalue weighted by molar-refractivity contribution is 0.295. The van der Waals surface area contributed by atoms with Crippen molar-refractivity contribution in [3.8, 4) is 5.75 Å². The zero-order chi connectivity index (χ0) is 13.1. The number of methoxy groups -OCH3 is 1. The lowest BCUT2D eigenvalue weighted by atomic mass is 10.00. The fraction of sp³-hybridized carbons (Fsp3) is 0.429. The van der Waals surface area contributed by atoms with E-state index in [1.54, 1.807) is 7.11 Å². The van der Waals surface area contributed by atoms with Crippen LogP contribution in [-0.2, 0) is 12.8 Å². The number of halogens is 1. The van der Waals surface area contributed by atoms with Gasteiger partial charge in [-0.25, -0.2) is 0 Å². The molecule has 1 aromatic heterocycles. The first kappa shape index (κ1) is 14.8. The fourth-order valence-electron chi connectivity index (χ4n) is 2.11. The van der Waals surface area contributed by atoms with Crippen LogP contribution in [0.2, 0.25) is 0 Å². The monoisotopic (exact) mass is 295 g/mol. The van der Waals surface area contributed by atoms with Gasteiger partial charge < -0.3 is 14.6 Å². The second kappa shape index (κ2) is 6.72. The van der Waals surface area contributed by atoms with Crippen molar-refractivity contribution in [2.24, 2.45) is 5.92 Å².